The first-order chi connectivity index (χ1) is 9.40. The fourth-order valence-electron chi connectivity index (χ4n) is 1.63. The molecular weight excluding hydrogens is 264 g/mol. The minimum absolute atomic E-state index is 0.00122. The molecule has 0 aromatic carbocycles. The van der Waals surface area contributed by atoms with Gasteiger partial charge in [-0.05, 0) is 19.8 Å². The zero-order chi connectivity index (χ0) is 15.5. The van der Waals surface area contributed by atoms with Gasteiger partial charge in [-0.2, -0.15) is 0 Å². The van der Waals surface area contributed by atoms with E-state index in [0.29, 0.717) is 0 Å². The molecule has 0 fully saturated rings. The third-order valence-electron chi connectivity index (χ3n) is 2.84. The minimum atomic E-state index is -1.18. The molecule has 0 saturated carbocycles. The monoisotopic (exact) mass is 288 g/mol. The van der Waals surface area contributed by atoms with Crippen LogP contribution in [0.15, 0.2) is 0 Å². The fraction of sp³-hybridized carbons (Fsp3) is 0.769. The molecule has 0 aliphatic rings. The third-order valence-corrected chi connectivity index (χ3v) is 2.84. The lowest BCUT2D eigenvalue weighted by atomic mass is 10.1. The zero-order valence-corrected chi connectivity index (χ0v) is 12.3. The van der Waals surface area contributed by atoms with Crippen LogP contribution in [0.2, 0.25) is 0 Å². The van der Waals surface area contributed by atoms with Gasteiger partial charge in [0.1, 0.15) is 6.04 Å². The zero-order valence-electron chi connectivity index (χ0n) is 12.3. The number of nitrogens with one attached hydrogen (secondary N) is 2. The molecule has 0 aromatic rings. The van der Waals surface area contributed by atoms with E-state index in [1.54, 1.807) is 0 Å². The van der Waals surface area contributed by atoms with Gasteiger partial charge in [-0.25, -0.2) is 9.59 Å². The number of esters is 1. The molecule has 3 N–H and O–H groups in total. The molecule has 0 aliphatic carbocycles. The Hall–Kier alpha value is -1.79. The van der Waals surface area contributed by atoms with Gasteiger partial charge in [0.05, 0.1) is 7.11 Å². The van der Waals surface area contributed by atoms with Crippen molar-refractivity contribution in [1.82, 2.24) is 10.6 Å². The van der Waals surface area contributed by atoms with Gasteiger partial charge in [0.25, 0.3) is 0 Å². The topological polar surface area (TPSA) is 105 Å². The smallest absolute Gasteiger partial charge is 0.326 e. The number of carboxylic acids is 1. The second-order valence-corrected chi connectivity index (χ2v) is 4.67. The van der Waals surface area contributed by atoms with Crippen molar-refractivity contribution in [3.05, 3.63) is 0 Å². The highest BCUT2D eigenvalue weighted by Gasteiger charge is 2.21. The third kappa shape index (κ3) is 8.34. The van der Waals surface area contributed by atoms with Gasteiger partial charge in [0.2, 0.25) is 0 Å². The SMILES string of the molecule is CCCCC(C)NC(=O)N[C@@H](CCC(=O)OC)C(=O)O. The average Bonchev–Trinajstić information content (AvgIpc) is 2.40. The lowest BCUT2D eigenvalue weighted by Crippen LogP contribution is -2.48. The van der Waals surface area contributed by atoms with Crippen molar-refractivity contribution in [3.63, 3.8) is 0 Å². The fourth-order valence-corrected chi connectivity index (χ4v) is 1.63. The molecule has 116 valence electrons. The Kier molecular flexibility index (Phi) is 9.15. The van der Waals surface area contributed by atoms with Gasteiger partial charge in [0.15, 0.2) is 0 Å². The van der Waals surface area contributed by atoms with Crippen molar-refractivity contribution < 1.29 is 24.2 Å². The molecule has 0 bridgehead atoms. The van der Waals surface area contributed by atoms with E-state index in [0.717, 1.165) is 19.3 Å². The summed E-state index contributed by atoms with van der Waals surface area (Å²) in [6.45, 7) is 3.92. The number of ether oxygens (including phenoxy) is 1. The first kappa shape index (κ1) is 18.2. The molecule has 0 heterocycles. The standard InChI is InChI=1S/C13H24N2O5/c1-4-5-6-9(2)14-13(19)15-10(12(17)18)7-8-11(16)20-3/h9-10H,4-8H2,1-3H3,(H,17,18)(H2,14,15,19)/t9?,10-/m0/s1. The number of rotatable bonds is 9. The summed E-state index contributed by atoms with van der Waals surface area (Å²) in [5.74, 6) is -1.68. The summed E-state index contributed by atoms with van der Waals surface area (Å²) in [5, 5.41) is 14.0. The molecule has 0 aliphatic heterocycles. The summed E-state index contributed by atoms with van der Waals surface area (Å²) >= 11 is 0. The number of aliphatic carboxylic acids is 1. The van der Waals surface area contributed by atoms with Crippen molar-refractivity contribution in [1.29, 1.82) is 0 Å². The van der Waals surface area contributed by atoms with Crippen molar-refractivity contribution in [2.75, 3.05) is 7.11 Å². The first-order valence-electron chi connectivity index (χ1n) is 6.77. The number of carbonyl (C=O) groups is 3. The Labute approximate surface area is 119 Å². The Morgan fingerprint density at radius 1 is 1.20 bits per heavy atom. The van der Waals surface area contributed by atoms with Gasteiger partial charge < -0.3 is 20.5 Å². The van der Waals surface area contributed by atoms with E-state index in [1.807, 2.05) is 6.92 Å². The van der Waals surface area contributed by atoms with Crippen LogP contribution in [0, 0.1) is 0 Å². The van der Waals surface area contributed by atoms with Crippen LogP contribution in [0.5, 0.6) is 0 Å². The van der Waals surface area contributed by atoms with Crippen LogP contribution < -0.4 is 10.6 Å². The average molecular weight is 288 g/mol. The molecule has 7 nitrogen and oxygen atoms in total. The highest BCUT2D eigenvalue weighted by molar-refractivity contribution is 5.83. The van der Waals surface area contributed by atoms with Crippen LogP contribution in [0.1, 0.15) is 46.0 Å². The van der Waals surface area contributed by atoms with Crippen LogP contribution in [-0.4, -0.2) is 42.3 Å². The van der Waals surface area contributed by atoms with E-state index in [2.05, 4.69) is 22.3 Å². The number of carboxylic acid groups (broad SMARTS) is 1. The molecule has 2 amide bonds. The van der Waals surface area contributed by atoms with Gasteiger partial charge in [-0.3, -0.25) is 4.79 Å². The Bertz CT molecular complexity index is 333. The number of carbonyl (C=O) groups excluding carboxylic acids is 2. The second kappa shape index (κ2) is 10.1. The second-order valence-electron chi connectivity index (χ2n) is 4.67. The Balaban J connectivity index is 4.20. The quantitative estimate of drug-likeness (QED) is 0.554. The first-order valence-corrected chi connectivity index (χ1v) is 6.77. The Morgan fingerprint density at radius 2 is 1.85 bits per heavy atom. The maximum Gasteiger partial charge on any atom is 0.326 e. The van der Waals surface area contributed by atoms with Gasteiger partial charge in [-0.15, -0.1) is 0 Å². The minimum Gasteiger partial charge on any atom is -0.480 e. The molecule has 0 spiro atoms. The van der Waals surface area contributed by atoms with Crippen molar-refractivity contribution in [2.45, 2.75) is 58.0 Å². The van der Waals surface area contributed by atoms with Crippen molar-refractivity contribution >= 4 is 18.0 Å². The summed E-state index contributed by atoms with van der Waals surface area (Å²) in [4.78, 5) is 33.6. The van der Waals surface area contributed by atoms with Crippen LogP contribution in [0.3, 0.4) is 0 Å². The number of urea groups is 1. The molecular formula is C13H24N2O5. The van der Waals surface area contributed by atoms with Crippen molar-refractivity contribution in [2.24, 2.45) is 0 Å². The number of unbranched alkanes of at least 4 members (excludes halogenated alkanes) is 1. The predicted molar refractivity (Wildman–Crippen MR) is 73.3 cm³/mol. The number of amides is 2. The normalized spacial score (nSPS) is 13.2. The molecule has 20 heavy (non-hydrogen) atoms. The summed E-state index contributed by atoms with van der Waals surface area (Å²) in [5.41, 5.74) is 0. The molecule has 0 aromatic heterocycles. The van der Waals surface area contributed by atoms with E-state index in [4.69, 9.17) is 5.11 Å². The number of methoxy groups -OCH3 is 1. The molecule has 0 radical (unpaired) electrons. The van der Waals surface area contributed by atoms with E-state index in [-0.39, 0.29) is 18.9 Å². The largest absolute Gasteiger partial charge is 0.480 e. The molecule has 2 atom stereocenters. The summed E-state index contributed by atoms with van der Waals surface area (Å²) in [6.07, 6.45) is 2.80. The van der Waals surface area contributed by atoms with Gasteiger partial charge in [-0.1, -0.05) is 19.8 Å². The van der Waals surface area contributed by atoms with Crippen molar-refractivity contribution in [3.8, 4) is 0 Å². The van der Waals surface area contributed by atoms with Crippen LogP contribution in [0.4, 0.5) is 4.79 Å². The van der Waals surface area contributed by atoms with Gasteiger partial charge >= 0.3 is 18.0 Å². The predicted octanol–water partition coefficient (Wildman–Crippen LogP) is 1.27. The van der Waals surface area contributed by atoms with Crippen LogP contribution >= 0.6 is 0 Å². The highest BCUT2D eigenvalue weighted by atomic mass is 16.5. The maximum atomic E-state index is 11.6. The summed E-state index contributed by atoms with van der Waals surface area (Å²) in [6, 6.07) is -1.66. The number of hydrogen-bond donors (Lipinski definition) is 3. The lowest BCUT2D eigenvalue weighted by molar-refractivity contribution is -0.142. The van der Waals surface area contributed by atoms with E-state index >= 15 is 0 Å². The molecule has 7 heteroatoms. The highest BCUT2D eigenvalue weighted by Crippen LogP contribution is 2.01. The molecule has 1 unspecified atom stereocenters. The number of hydrogen-bond acceptors (Lipinski definition) is 4. The molecule has 0 rings (SSSR count). The van der Waals surface area contributed by atoms with Crippen LogP contribution in [0.25, 0.3) is 0 Å². The molecule has 0 saturated heterocycles. The van der Waals surface area contributed by atoms with Gasteiger partial charge in [0, 0.05) is 12.5 Å². The summed E-state index contributed by atoms with van der Waals surface area (Å²) < 4.78 is 4.43. The van der Waals surface area contributed by atoms with Crippen LogP contribution in [-0.2, 0) is 14.3 Å². The van der Waals surface area contributed by atoms with E-state index in [1.165, 1.54) is 7.11 Å². The summed E-state index contributed by atoms with van der Waals surface area (Å²) in [7, 11) is 1.23. The Morgan fingerprint density at radius 3 is 2.35 bits per heavy atom. The lowest BCUT2D eigenvalue weighted by Gasteiger charge is -2.18. The maximum absolute atomic E-state index is 11.6. The van der Waals surface area contributed by atoms with E-state index < -0.39 is 24.0 Å². The van der Waals surface area contributed by atoms with E-state index in [9.17, 15) is 14.4 Å².